The Kier molecular flexibility index (Phi) is 3.21. The summed E-state index contributed by atoms with van der Waals surface area (Å²) in [5.74, 6) is 0.143. The van der Waals surface area contributed by atoms with Crippen LogP contribution in [0.3, 0.4) is 0 Å². The van der Waals surface area contributed by atoms with Crippen molar-refractivity contribution in [3.63, 3.8) is 0 Å². The highest BCUT2D eigenvalue weighted by atomic mass is 16.5. The number of ether oxygens (including phenoxy) is 1. The van der Waals surface area contributed by atoms with Gasteiger partial charge in [0, 0.05) is 5.56 Å². The van der Waals surface area contributed by atoms with Crippen LogP contribution in [-0.4, -0.2) is 11.8 Å². The molecule has 0 aromatic heterocycles. The van der Waals surface area contributed by atoms with Gasteiger partial charge in [-0.3, -0.25) is 14.9 Å². The lowest BCUT2D eigenvalue weighted by Crippen LogP contribution is -2.38. The normalized spacial score (nSPS) is 13.6. The molecular formula is C16H13NO3. The average molecular weight is 267 g/mol. The van der Waals surface area contributed by atoms with Crippen molar-refractivity contribution in [2.45, 2.75) is 13.0 Å². The van der Waals surface area contributed by atoms with E-state index in [9.17, 15) is 9.59 Å². The zero-order valence-corrected chi connectivity index (χ0v) is 10.8. The van der Waals surface area contributed by atoms with Crippen LogP contribution in [0.15, 0.2) is 48.5 Å². The van der Waals surface area contributed by atoms with Crippen molar-refractivity contribution in [2.75, 3.05) is 0 Å². The minimum atomic E-state index is -0.344. The van der Waals surface area contributed by atoms with E-state index in [2.05, 4.69) is 5.32 Å². The lowest BCUT2D eigenvalue weighted by atomic mass is 9.95. The molecule has 0 unspecified atom stereocenters. The Bertz CT molecular complexity index is 665. The number of benzene rings is 2. The number of hydrogen-bond acceptors (Lipinski definition) is 3. The molecule has 2 amide bonds. The number of imide groups is 1. The van der Waals surface area contributed by atoms with Crippen molar-refractivity contribution in [2.24, 2.45) is 0 Å². The van der Waals surface area contributed by atoms with Gasteiger partial charge < -0.3 is 4.74 Å². The highest BCUT2D eigenvalue weighted by molar-refractivity contribution is 6.10. The Hall–Kier alpha value is -2.62. The largest absolute Gasteiger partial charge is 0.489 e. The fourth-order valence-corrected chi connectivity index (χ4v) is 2.30. The zero-order valence-electron chi connectivity index (χ0n) is 10.8. The van der Waals surface area contributed by atoms with Gasteiger partial charge in [-0.2, -0.15) is 0 Å². The summed E-state index contributed by atoms with van der Waals surface area (Å²) in [7, 11) is 0. The predicted molar refractivity (Wildman–Crippen MR) is 73.4 cm³/mol. The van der Waals surface area contributed by atoms with Crippen molar-refractivity contribution in [3.05, 3.63) is 65.2 Å². The molecule has 1 N–H and O–H groups in total. The number of carbonyl (C=O) groups is 2. The van der Waals surface area contributed by atoms with Crippen LogP contribution in [0.4, 0.5) is 0 Å². The van der Waals surface area contributed by atoms with Crippen LogP contribution in [0.5, 0.6) is 5.75 Å². The van der Waals surface area contributed by atoms with E-state index in [1.165, 1.54) is 0 Å². The Balaban J connectivity index is 1.86. The molecule has 20 heavy (non-hydrogen) atoms. The van der Waals surface area contributed by atoms with Crippen LogP contribution in [0.25, 0.3) is 0 Å². The van der Waals surface area contributed by atoms with Crippen molar-refractivity contribution < 1.29 is 14.3 Å². The van der Waals surface area contributed by atoms with Gasteiger partial charge in [0.05, 0.1) is 12.0 Å². The van der Waals surface area contributed by atoms with Crippen LogP contribution in [-0.2, 0) is 17.8 Å². The molecule has 0 atom stereocenters. The molecule has 3 rings (SSSR count). The van der Waals surface area contributed by atoms with Gasteiger partial charge in [-0.05, 0) is 17.7 Å². The molecule has 1 heterocycles. The number of rotatable bonds is 3. The molecule has 100 valence electrons. The Morgan fingerprint density at radius 3 is 2.60 bits per heavy atom. The van der Waals surface area contributed by atoms with Gasteiger partial charge in [0.2, 0.25) is 5.91 Å². The third kappa shape index (κ3) is 2.40. The van der Waals surface area contributed by atoms with Crippen LogP contribution in [0.1, 0.15) is 21.5 Å². The third-order valence-electron chi connectivity index (χ3n) is 3.21. The van der Waals surface area contributed by atoms with E-state index in [4.69, 9.17) is 4.74 Å². The lowest BCUT2D eigenvalue weighted by Gasteiger charge is -2.18. The third-order valence-corrected chi connectivity index (χ3v) is 3.21. The Morgan fingerprint density at radius 1 is 1.00 bits per heavy atom. The van der Waals surface area contributed by atoms with Gasteiger partial charge in [-0.25, -0.2) is 0 Å². The number of para-hydroxylation sites is 1. The molecule has 2 aromatic carbocycles. The van der Waals surface area contributed by atoms with Gasteiger partial charge >= 0.3 is 0 Å². The molecule has 0 radical (unpaired) electrons. The van der Waals surface area contributed by atoms with Crippen LogP contribution < -0.4 is 10.1 Å². The second-order valence-corrected chi connectivity index (χ2v) is 4.61. The zero-order chi connectivity index (χ0) is 13.9. The first-order valence-corrected chi connectivity index (χ1v) is 6.37. The summed E-state index contributed by atoms with van der Waals surface area (Å²) >= 11 is 0. The summed E-state index contributed by atoms with van der Waals surface area (Å²) in [5, 5.41) is 2.34. The van der Waals surface area contributed by atoms with Crippen LogP contribution in [0, 0.1) is 0 Å². The Labute approximate surface area is 116 Å². The highest BCUT2D eigenvalue weighted by Gasteiger charge is 2.24. The maximum Gasteiger partial charge on any atom is 0.258 e. The van der Waals surface area contributed by atoms with E-state index in [1.807, 2.05) is 42.5 Å². The molecule has 0 aliphatic carbocycles. The maximum absolute atomic E-state index is 11.9. The molecule has 0 bridgehead atoms. The molecule has 0 saturated heterocycles. The molecule has 2 aromatic rings. The van der Waals surface area contributed by atoms with E-state index in [0.717, 1.165) is 16.9 Å². The number of fused-ring (bicyclic) bond motifs is 1. The second-order valence-electron chi connectivity index (χ2n) is 4.61. The highest BCUT2D eigenvalue weighted by Crippen LogP contribution is 2.21. The minimum absolute atomic E-state index is 0.236. The number of carbonyl (C=O) groups excluding carboxylic acids is 2. The van der Waals surface area contributed by atoms with Crippen molar-refractivity contribution >= 4 is 11.8 Å². The van der Waals surface area contributed by atoms with Crippen molar-refractivity contribution in [3.8, 4) is 5.75 Å². The fourth-order valence-electron chi connectivity index (χ4n) is 2.30. The van der Waals surface area contributed by atoms with Crippen molar-refractivity contribution in [1.29, 1.82) is 0 Å². The molecule has 4 nitrogen and oxygen atoms in total. The molecule has 1 aliphatic heterocycles. The first-order valence-electron chi connectivity index (χ1n) is 6.37. The van der Waals surface area contributed by atoms with Gasteiger partial charge in [0.1, 0.15) is 12.4 Å². The van der Waals surface area contributed by atoms with Crippen LogP contribution in [0.2, 0.25) is 0 Å². The summed E-state index contributed by atoms with van der Waals surface area (Å²) in [6.45, 7) is 0.300. The van der Waals surface area contributed by atoms with Gasteiger partial charge in [-0.15, -0.1) is 0 Å². The smallest absolute Gasteiger partial charge is 0.258 e. The quantitative estimate of drug-likeness (QED) is 0.866. The molecule has 0 fully saturated rings. The summed E-state index contributed by atoms with van der Waals surface area (Å²) in [6, 6.07) is 14.9. The number of nitrogens with one attached hydrogen (secondary N) is 1. The van der Waals surface area contributed by atoms with E-state index in [-0.39, 0.29) is 18.2 Å². The monoisotopic (exact) mass is 267 g/mol. The lowest BCUT2D eigenvalue weighted by molar-refractivity contribution is -0.119. The van der Waals surface area contributed by atoms with E-state index in [0.29, 0.717) is 12.2 Å². The Morgan fingerprint density at radius 2 is 1.80 bits per heavy atom. The number of amides is 2. The van der Waals surface area contributed by atoms with Gasteiger partial charge in [-0.1, -0.05) is 36.4 Å². The van der Waals surface area contributed by atoms with E-state index >= 15 is 0 Å². The summed E-state index contributed by atoms with van der Waals surface area (Å²) in [5.41, 5.74) is 2.10. The van der Waals surface area contributed by atoms with Gasteiger partial charge in [0.25, 0.3) is 5.91 Å². The van der Waals surface area contributed by atoms with E-state index < -0.39 is 0 Å². The standard InChI is InChI=1S/C16H13NO3/c18-14-9-11-5-4-6-12(15(11)16(19)17-14)10-20-13-7-2-1-3-8-13/h1-8H,9-10H2,(H,17,18,19). The first kappa shape index (κ1) is 12.4. The predicted octanol–water partition coefficient (Wildman–Crippen LogP) is 2.08. The molecule has 1 aliphatic rings. The van der Waals surface area contributed by atoms with E-state index in [1.54, 1.807) is 6.07 Å². The molecular weight excluding hydrogens is 254 g/mol. The summed E-state index contributed by atoms with van der Waals surface area (Å²) in [6.07, 6.45) is 0.236. The molecule has 4 heteroatoms. The fraction of sp³-hybridized carbons (Fsp3) is 0.125. The topological polar surface area (TPSA) is 55.4 Å². The SMILES string of the molecule is O=C1Cc2cccc(COc3ccccc3)c2C(=O)N1. The average Bonchev–Trinajstić information content (AvgIpc) is 2.45. The van der Waals surface area contributed by atoms with Gasteiger partial charge in [0.15, 0.2) is 0 Å². The van der Waals surface area contributed by atoms with Crippen LogP contribution >= 0.6 is 0 Å². The molecule has 0 saturated carbocycles. The summed E-state index contributed by atoms with van der Waals surface area (Å²) in [4.78, 5) is 23.3. The van der Waals surface area contributed by atoms with Crippen molar-refractivity contribution in [1.82, 2.24) is 5.32 Å². The number of hydrogen-bond donors (Lipinski definition) is 1. The molecule has 0 spiro atoms. The minimum Gasteiger partial charge on any atom is -0.489 e. The first-order chi connectivity index (χ1) is 9.74. The summed E-state index contributed by atoms with van der Waals surface area (Å²) < 4.78 is 5.67. The maximum atomic E-state index is 11.9. The second kappa shape index (κ2) is 5.17.